The fourth-order valence-corrected chi connectivity index (χ4v) is 4.41. The van der Waals surface area contributed by atoms with Gasteiger partial charge < -0.3 is 4.74 Å². The minimum atomic E-state index is -0.102. The Bertz CT molecular complexity index is 1060. The monoisotopic (exact) mass is 436 g/mol. The number of hydrogen-bond acceptors (Lipinski definition) is 5. The van der Waals surface area contributed by atoms with E-state index in [4.69, 9.17) is 22.1 Å². The summed E-state index contributed by atoms with van der Waals surface area (Å²) in [6.45, 7) is 4.43. The number of carbonyl (C=O) groups excluding carboxylic acids is 1. The highest BCUT2D eigenvalue weighted by Gasteiger charge is 2.27. The second-order valence-corrected chi connectivity index (χ2v) is 8.21. The highest BCUT2D eigenvalue weighted by Crippen LogP contribution is 2.20. The number of likely N-dealkylation sites (tertiary alicyclic amines) is 1. The number of nitrogens with zero attached hydrogens (tertiary/aromatic N) is 4. The summed E-state index contributed by atoms with van der Waals surface area (Å²) >= 11 is 5.85. The summed E-state index contributed by atoms with van der Waals surface area (Å²) in [5, 5.41) is 4.90. The van der Waals surface area contributed by atoms with Crippen molar-refractivity contribution in [3.05, 3.63) is 76.8 Å². The molecule has 0 radical (unpaired) electrons. The maximum atomic E-state index is 12.2. The molecule has 0 N–H and O–H groups in total. The second kappa shape index (κ2) is 10.0. The van der Waals surface area contributed by atoms with Crippen LogP contribution in [0, 0.1) is 10.7 Å². The third kappa shape index (κ3) is 5.11. The Morgan fingerprint density at radius 2 is 1.84 bits per heavy atom. The van der Waals surface area contributed by atoms with Crippen molar-refractivity contribution in [3.63, 3.8) is 0 Å². The van der Waals surface area contributed by atoms with Crippen molar-refractivity contribution in [1.82, 2.24) is 19.2 Å². The Kier molecular flexibility index (Phi) is 6.94. The van der Waals surface area contributed by atoms with E-state index in [9.17, 15) is 4.79 Å². The van der Waals surface area contributed by atoms with Crippen LogP contribution in [0.1, 0.15) is 31.2 Å². The summed E-state index contributed by atoms with van der Waals surface area (Å²) in [6.07, 6.45) is 2.53. The fraction of sp³-hybridized carbons (Fsp3) is 0.375. The Balaban J connectivity index is 1.61. The number of carbonyl (C=O) groups is 1. The first-order chi connectivity index (χ1) is 15.2. The normalized spacial score (nSPS) is 16.9. The molecule has 2 heterocycles. The number of ether oxygens (including phenoxy) is 1. The molecular weight excluding hydrogens is 408 g/mol. The lowest BCUT2D eigenvalue weighted by atomic mass is 9.99. The van der Waals surface area contributed by atoms with Crippen molar-refractivity contribution in [2.24, 2.45) is 5.92 Å². The van der Waals surface area contributed by atoms with Crippen LogP contribution in [0.3, 0.4) is 0 Å². The summed E-state index contributed by atoms with van der Waals surface area (Å²) in [5.41, 5.74) is 2.19. The van der Waals surface area contributed by atoms with E-state index in [0.717, 1.165) is 30.9 Å². The molecule has 0 spiro atoms. The quantitative estimate of drug-likeness (QED) is 0.410. The largest absolute Gasteiger partial charge is 0.466 e. The lowest BCUT2D eigenvalue weighted by Gasteiger charge is -2.31. The van der Waals surface area contributed by atoms with Crippen molar-refractivity contribution in [3.8, 4) is 5.69 Å². The van der Waals surface area contributed by atoms with E-state index in [1.807, 2.05) is 60.1 Å². The zero-order chi connectivity index (χ0) is 21.6. The number of para-hydroxylation sites is 1. The van der Waals surface area contributed by atoms with E-state index in [-0.39, 0.29) is 11.9 Å². The van der Waals surface area contributed by atoms with Gasteiger partial charge >= 0.3 is 5.97 Å². The summed E-state index contributed by atoms with van der Waals surface area (Å²) in [7, 11) is 0. The van der Waals surface area contributed by atoms with Gasteiger partial charge in [-0.1, -0.05) is 48.5 Å². The standard InChI is InChI=1S/C24H28N4O2S/c1-2-30-23(29)20-12-9-15-26(17-20)18-27-24(31)28(21-13-7-4-8-14-21)22(25-27)16-19-10-5-3-6-11-19/h3-8,10-11,13-14,20H,2,9,12,15-18H2,1H3. The van der Waals surface area contributed by atoms with E-state index in [2.05, 4.69) is 21.6 Å². The van der Waals surface area contributed by atoms with Crippen LogP contribution >= 0.6 is 12.2 Å². The van der Waals surface area contributed by atoms with Crippen molar-refractivity contribution >= 4 is 18.2 Å². The van der Waals surface area contributed by atoms with Crippen molar-refractivity contribution in [1.29, 1.82) is 0 Å². The van der Waals surface area contributed by atoms with Gasteiger partial charge in [0.1, 0.15) is 5.82 Å². The Morgan fingerprint density at radius 3 is 2.55 bits per heavy atom. The van der Waals surface area contributed by atoms with Crippen LogP contribution in [0.5, 0.6) is 0 Å². The molecule has 0 saturated carbocycles. The van der Waals surface area contributed by atoms with Gasteiger partial charge in [-0.2, -0.15) is 5.10 Å². The summed E-state index contributed by atoms with van der Waals surface area (Å²) in [5.74, 6) is 0.722. The second-order valence-electron chi connectivity index (χ2n) is 7.84. The number of benzene rings is 2. The number of rotatable bonds is 7. The van der Waals surface area contributed by atoms with Gasteiger partial charge in [-0.3, -0.25) is 14.3 Å². The molecule has 1 fully saturated rings. The van der Waals surface area contributed by atoms with E-state index < -0.39 is 0 Å². The van der Waals surface area contributed by atoms with Crippen molar-refractivity contribution < 1.29 is 9.53 Å². The van der Waals surface area contributed by atoms with Crippen LogP contribution in [-0.4, -0.2) is 44.9 Å². The van der Waals surface area contributed by atoms with E-state index in [1.54, 1.807) is 0 Å². The van der Waals surface area contributed by atoms with Gasteiger partial charge in [0.25, 0.3) is 0 Å². The first-order valence-corrected chi connectivity index (χ1v) is 11.2. The van der Waals surface area contributed by atoms with Crippen molar-refractivity contribution in [2.45, 2.75) is 32.9 Å². The van der Waals surface area contributed by atoms with Gasteiger partial charge in [-0.05, 0) is 56.2 Å². The molecule has 31 heavy (non-hydrogen) atoms. The maximum Gasteiger partial charge on any atom is 0.310 e. The Morgan fingerprint density at radius 1 is 1.13 bits per heavy atom. The fourth-order valence-electron chi connectivity index (χ4n) is 4.10. The minimum Gasteiger partial charge on any atom is -0.466 e. The van der Waals surface area contributed by atoms with Gasteiger partial charge in [-0.15, -0.1) is 0 Å². The maximum absolute atomic E-state index is 12.2. The average Bonchev–Trinajstić information content (AvgIpc) is 3.10. The van der Waals surface area contributed by atoms with Gasteiger partial charge in [0.15, 0.2) is 0 Å². The Labute approximate surface area is 188 Å². The minimum absolute atomic E-state index is 0.0807. The SMILES string of the molecule is CCOC(=O)C1CCCN(Cn2nc(Cc3ccccc3)n(-c3ccccc3)c2=S)C1. The molecule has 3 aromatic rings. The molecule has 0 bridgehead atoms. The number of hydrogen-bond donors (Lipinski definition) is 0. The number of piperidine rings is 1. The molecule has 1 aliphatic heterocycles. The summed E-state index contributed by atoms with van der Waals surface area (Å²) in [4.78, 5) is 14.5. The van der Waals surface area contributed by atoms with Crippen LogP contribution in [-0.2, 0) is 22.6 Å². The zero-order valence-electron chi connectivity index (χ0n) is 17.8. The molecule has 1 aromatic heterocycles. The summed E-state index contributed by atoms with van der Waals surface area (Å²) < 4.78 is 9.83. The molecule has 1 aliphatic rings. The molecule has 0 amide bonds. The molecule has 4 rings (SSSR count). The molecule has 1 atom stereocenters. The molecule has 1 unspecified atom stereocenters. The lowest BCUT2D eigenvalue weighted by Crippen LogP contribution is -2.40. The highest BCUT2D eigenvalue weighted by molar-refractivity contribution is 7.71. The number of aromatic nitrogens is 3. The van der Waals surface area contributed by atoms with Gasteiger partial charge in [-0.25, -0.2) is 4.68 Å². The predicted octanol–water partition coefficient (Wildman–Crippen LogP) is 4.23. The van der Waals surface area contributed by atoms with E-state index in [0.29, 0.717) is 31.0 Å². The topological polar surface area (TPSA) is 52.3 Å². The Hall–Kier alpha value is -2.77. The van der Waals surface area contributed by atoms with Gasteiger partial charge in [0, 0.05) is 18.7 Å². The predicted molar refractivity (Wildman–Crippen MR) is 123 cm³/mol. The van der Waals surface area contributed by atoms with E-state index in [1.165, 1.54) is 5.56 Å². The third-order valence-electron chi connectivity index (χ3n) is 5.59. The third-order valence-corrected chi connectivity index (χ3v) is 5.98. The smallest absolute Gasteiger partial charge is 0.310 e. The molecule has 2 aromatic carbocycles. The first kappa shape index (κ1) is 21.5. The molecule has 1 saturated heterocycles. The molecule has 7 heteroatoms. The molecule has 6 nitrogen and oxygen atoms in total. The number of esters is 1. The van der Waals surface area contributed by atoms with E-state index >= 15 is 0 Å². The average molecular weight is 437 g/mol. The molecule has 0 aliphatic carbocycles. The molecular formula is C24H28N4O2S. The lowest BCUT2D eigenvalue weighted by molar-refractivity contribution is -0.150. The highest BCUT2D eigenvalue weighted by atomic mass is 32.1. The van der Waals surface area contributed by atoms with Crippen LogP contribution in [0.25, 0.3) is 5.69 Å². The van der Waals surface area contributed by atoms with Crippen LogP contribution in [0.2, 0.25) is 0 Å². The first-order valence-electron chi connectivity index (χ1n) is 10.8. The summed E-state index contributed by atoms with van der Waals surface area (Å²) in [6, 6.07) is 20.4. The van der Waals surface area contributed by atoms with Crippen LogP contribution < -0.4 is 0 Å². The van der Waals surface area contributed by atoms with Crippen molar-refractivity contribution in [2.75, 3.05) is 19.7 Å². The zero-order valence-corrected chi connectivity index (χ0v) is 18.6. The van der Waals surface area contributed by atoms with Gasteiger partial charge in [0.05, 0.1) is 19.2 Å². The van der Waals surface area contributed by atoms with Gasteiger partial charge in [0.2, 0.25) is 4.77 Å². The van der Waals surface area contributed by atoms with Crippen LogP contribution in [0.15, 0.2) is 60.7 Å². The van der Waals surface area contributed by atoms with Crippen LogP contribution in [0.4, 0.5) is 0 Å². The molecule has 162 valence electrons.